The molecule has 0 unspecified atom stereocenters. The molecular formula is C16H28N4O. The third-order valence-corrected chi connectivity index (χ3v) is 4.62. The van der Waals surface area contributed by atoms with Gasteiger partial charge in [-0.1, -0.05) is 0 Å². The van der Waals surface area contributed by atoms with Gasteiger partial charge in [0.05, 0.1) is 5.69 Å². The monoisotopic (exact) mass is 292 g/mol. The van der Waals surface area contributed by atoms with Gasteiger partial charge in [0.15, 0.2) is 0 Å². The van der Waals surface area contributed by atoms with Crippen molar-refractivity contribution in [3.63, 3.8) is 0 Å². The molecule has 1 aliphatic rings. The van der Waals surface area contributed by atoms with Crippen molar-refractivity contribution in [3.05, 3.63) is 17.0 Å². The number of carbonyl (C=O) groups is 1. The van der Waals surface area contributed by atoms with Crippen molar-refractivity contribution in [3.8, 4) is 0 Å². The van der Waals surface area contributed by atoms with Crippen molar-refractivity contribution in [1.29, 1.82) is 0 Å². The molecule has 1 amide bonds. The highest BCUT2D eigenvalue weighted by Gasteiger charge is 2.23. The maximum Gasteiger partial charge on any atom is 0.221 e. The molecule has 0 saturated carbocycles. The summed E-state index contributed by atoms with van der Waals surface area (Å²) in [4.78, 5) is 14.3. The average molecular weight is 292 g/mol. The lowest BCUT2D eigenvalue weighted by Gasteiger charge is -2.18. The molecule has 1 saturated heterocycles. The van der Waals surface area contributed by atoms with Gasteiger partial charge in [0.1, 0.15) is 0 Å². The number of aryl methyl sites for hydroxylation is 2. The molecule has 0 radical (unpaired) electrons. The summed E-state index contributed by atoms with van der Waals surface area (Å²) >= 11 is 0. The van der Waals surface area contributed by atoms with E-state index in [9.17, 15) is 4.79 Å². The first kappa shape index (κ1) is 16.0. The van der Waals surface area contributed by atoms with Crippen LogP contribution in [0.3, 0.4) is 0 Å². The number of aromatic nitrogens is 2. The lowest BCUT2D eigenvalue weighted by atomic mass is 10.1. The quantitative estimate of drug-likeness (QED) is 0.867. The minimum absolute atomic E-state index is 0.173. The summed E-state index contributed by atoms with van der Waals surface area (Å²) in [7, 11) is 2.11. The van der Waals surface area contributed by atoms with Crippen molar-refractivity contribution >= 4 is 5.91 Å². The molecule has 1 atom stereocenters. The molecule has 118 valence electrons. The summed E-state index contributed by atoms with van der Waals surface area (Å²) < 4.78 is 2.03. The second-order valence-corrected chi connectivity index (χ2v) is 6.05. The highest BCUT2D eigenvalue weighted by atomic mass is 16.1. The molecule has 0 spiro atoms. The number of nitrogens with zero attached hydrogens (tertiary/aromatic N) is 3. The van der Waals surface area contributed by atoms with Crippen LogP contribution in [-0.2, 0) is 17.8 Å². The summed E-state index contributed by atoms with van der Waals surface area (Å²) in [5, 5.41) is 7.57. The van der Waals surface area contributed by atoms with Crippen LogP contribution in [0.5, 0.6) is 0 Å². The zero-order valence-corrected chi connectivity index (χ0v) is 13.8. The van der Waals surface area contributed by atoms with Crippen molar-refractivity contribution < 1.29 is 4.79 Å². The van der Waals surface area contributed by atoms with E-state index in [1.807, 2.05) is 11.6 Å². The Morgan fingerprint density at radius 1 is 1.43 bits per heavy atom. The van der Waals surface area contributed by atoms with Crippen LogP contribution in [-0.4, -0.2) is 46.8 Å². The number of hydrogen-bond acceptors (Lipinski definition) is 3. The summed E-state index contributed by atoms with van der Waals surface area (Å²) in [6, 6.07) is 0.427. The second kappa shape index (κ2) is 7.07. The third kappa shape index (κ3) is 3.84. The second-order valence-electron chi connectivity index (χ2n) is 6.05. The van der Waals surface area contributed by atoms with E-state index in [1.54, 1.807) is 0 Å². The van der Waals surface area contributed by atoms with E-state index in [0.717, 1.165) is 31.6 Å². The molecule has 2 heterocycles. The van der Waals surface area contributed by atoms with Crippen LogP contribution in [0.15, 0.2) is 0 Å². The molecule has 0 aromatic carbocycles. The van der Waals surface area contributed by atoms with Gasteiger partial charge in [0.2, 0.25) is 5.91 Å². The van der Waals surface area contributed by atoms with E-state index in [-0.39, 0.29) is 5.91 Å². The zero-order valence-electron chi connectivity index (χ0n) is 13.8. The number of rotatable bonds is 6. The Hall–Kier alpha value is -1.36. The molecule has 1 fully saturated rings. The molecule has 1 aliphatic heterocycles. The van der Waals surface area contributed by atoms with Gasteiger partial charge in [0, 0.05) is 31.2 Å². The van der Waals surface area contributed by atoms with E-state index in [1.165, 1.54) is 17.7 Å². The van der Waals surface area contributed by atoms with E-state index in [4.69, 9.17) is 0 Å². The largest absolute Gasteiger partial charge is 0.356 e. The Kier molecular flexibility index (Phi) is 5.39. The maximum absolute atomic E-state index is 12.0. The smallest absolute Gasteiger partial charge is 0.221 e. The molecular weight excluding hydrogens is 264 g/mol. The Morgan fingerprint density at radius 2 is 2.19 bits per heavy atom. The Bertz CT molecular complexity index is 495. The van der Waals surface area contributed by atoms with Crippen LogP contribution in [0.25, 0.3) is 0 Å². The van der Waals surface area contributed by atoms with Gasteiger partial charge < -0.3 is 10.2 Å². The Labute approximate surface area is 127 Å². The van der Waals surface area contributed by atoms with Crippen molar-refractivity contribution in [2.24, 2.45) is 0 Å². The fraction of sp³-hybridized carbons (Fsp3) is 0.750. The van der Waals surface area contributed by atoms with Gasteiger partial charge in [-0.2, -0.15) is 5.10 Å². The molecule has 0 bridgehead atoms. The van der Waals surface area contributed by atoms with Crippen molar-refractivity contribution in [2.75, 3.05) is 20.1 Å². The SMILES string of the molecule is CCn1nc(C)c(CCNC(=O)C[C@@H]2CCCN2C)c1C. The summed E-state index contributed by atoms with van der Waals surface area (Å²) in [6.07, 6.45) is 3.85. The number of carbonyl (C=O) groups excluding carboxylic acids is 1. The average Bonchev–Trinajstić information content (AvgIpc) is 2.96. The van der Waals surface area contributed by atoms with Crippen molar-refractivity contribution in [1.82, 2.24) is 20.0 Å². The number of likely N-dealkylation sites (tertiary alicyclic amines) is 1. The predicted molar refractivity (Wildman–Crippen MR) is 84.4 cm³/mol. The fourth-order valence-electron chi connectivity index (χ4n) is 3.25. The third-order valence-electron chi connectivity index (χ3n) is 4.62. The lowest BCUT2D eigenvalue weighted by Crippen LogP contribution is -2.34. The van der Waals surface area contributed by atoms with Gasteiger partial charge in [-0.15, -0.1) is 0 Å². The van der Waals surface area contributed by atoms with Gasteiger partial charge in [-0.25, -0.2) is 0 Å². The van der Waals surface area contributed by atoms with Gasteiger partial charge >= 0.3 is 0 Å². The predicted octanol–water partition coefficient (Wildman–Crippen LogP) is 1.66. The van der Waals surface area contributed by atoms with Gasteiger partial charge in [-0.3, -0.25) is 9.48 Å². The van der Waals surface area contributed by atoms with E-state index in [2.05, 4.69) is 36.2 Å². The Balaban J connectivity index is 1.79. The van der Waals surface area contributed by atoms with Gasteiger partial charge in [-0.05, 0) is 59.2 Å². The molecule has 0 aliphatic carbocycles. The van der Waals surface area contributed by atoms with Gasteiger partial charge in [0.25, 0.3) is 0 Å². The van der Waals surface area contributed by atoms with E-state index in [0.29, 0.717) is 19.0 Å². The molecule has 1 aromatic heterocycles. The minimum atomic E-state index is 0.173. The van der Waals surface area contributed by atoms with Crippen molar-refractivity contribution in [2.45, 2.75) is 59.0 Å². The molecule has 1 aromatic rings. The summed E-state index contributed by atoms with van der Waals surface area (Å²) in [5.41, 5.74) is 3.58. The lowest BCUT2D eigenvalue weighted by molar-refractivity contribution is -0.122. The van der Waals surface area contributed by atoms with Crippen LogP contribution in [0.2, 0.25) is 0 Å². The summed E-state index contributed by atoms with van der Waals surface area (Å²) in [6.45, 7) is 8.97. The summed E-state index contributed by atoms with van der Waals surface area (Å²) in [5.74, 6) is 0.173. The van der Waals surface area contributed by atoms with Crippen LogP contribution in [0.1, 0.15) is 43.1 Å². The molecule has 5 nitrogen and oxygen atoms in total. The fourth-order valence-corrected chi connectivity index (χ4v) is 3.25. The number of hydrogen-bond donors (Lipinski definition) is 1. The highest BCUT2D eigenvalue weighted by Crippen LogP contribution is 2.17. The minimum Gasteiger partial charge on any atom is -0.356 e. The number of amides is 1. The first-order chi connectivity index (χ1) is 10.0. The first-order valence-electron chi connectivity index (χ1n) is 8.02. The number of nitrogens with one attached hydrogen (secondary N) is 1. The molecule has 21 heavy (non-hydrogen) atoms. The highest BCUT2D eigenvalue weighted by molar-refractivity contribution is 5.76. The van der Waals surface area contributed by atoms with Crippen LogP contribution >= 0.6 is 0 Å². The van der Waals surface area contributed by atoms with Crippen LogP contribution in [0, 0.1) is 13.8 Å². The zero-order chi connectivity index (χ0) is 15.4. The topological polar surface area (TPSA) is 50.2 Å². The standard InChI is InChI=1S/C16H28N4O/c1-5-20-13(3)15(12(2)18-20)8-9-17-16(21)11-14-7-6-10-19(14)4/h14H,5-11H2,1-4H3,(H,17,21)/t14-/m0/s1. The maximum atomic E-state index is 12.0. The normalized spacial score (nSPS) is 19.1. The van der Waals surface area contributed by atoms with E-state index >= 15 is 0 Å². The first-order valence-corrected chi connectivity index (χ1v) is 8.02. The molecule has 1 N–H and O–H groups in total. The Morgan fingerprint density at radius 3 is 2.76 bits per heavy atom. The molecule has 2 rings (SSSR count). The molecule has 5 heteroatoms. The van der Waals surface area contributed by atoms with Crippen LogP contribution in [0.4, 0.5) is 0 Å². The van der Waals surface area contributed by atoms with E-state index < -0.39 is 0 Å². The van der Waals surface area contributed by atoms with Crippen LogP contribution < -0.4 is 5.32 Å².